The Morgan fingerprint density at radius 1 is 1.62 bits per heavy atom. The van der Waals surface area contributed by atoms with Crippen LogP contribution >= 0.6 is 0 Å². The van der Waals surface area contributed by atoms with Crippen LogP contribution in [0.4, 0.5) is 0 Å². The maximum atomic E-state index is 11.8. The van der Waals surface area contributed by atoms with Gasteiger partial charge < -0.3 is 10.6 Å². The van der Waals surface area contributed by atoms with E-state index in [2.05, 4.69) is 15.7 Å². The molecule has 1 heterocycles. The highest BCUT2D eigenvalue weighted by atomic mass is 16.2. The van der Waals surface area contributed by atoms with Crippen LogP contribution in [0.15, 0.2) is 6.07 Å². The van der Waals surface area contributed by atoms with E-state index in [4.69, 9.17) is 0 Å². The highest BCUT2D eigenvalue weighted by Crippen LogP contribution is 2.03. The molecule has 0 aromatic carbocycles. The van der Waals surface area contributed by atoms with Crippen molar-refractivity contribution in [2.45, 2.75) is 26.3 Å². The van der Waals surface area contributed by atoms with E-state index in [0.29, 0.717) is 12.2 Å². The molecule has 5 nitrogen and oxygen atoms in total. The van der Waals surface area contributed by atoms with Crippen molar-refractivity contribution in [3.8, 4) is 0 Å². The number of hydrogen-bond donors (Lipinski definition) is 2. The molecule has 1 aromatic heterocycles. The first-order chi connectivity index (χ1) is 7.58. The summed E-state index contributed by atoms with van der Waals surface area (Å²) in [6.45, 7) is 4.65. The number of amides is 1. The van der Waals surface area contributed by atoms with Gasteiger partial charge in [-0.1, -0.05) is 6.92 Å². The zero-order valence-electron chi connectivity index (χ0n) is 10.4. The molecule has 0 fully saturated rings. The third-order valence-corrected chi connectivity index (χ3v) is 2.59. The molecule has 0 spiro atoms. The average Bonchev–Trinajstić information content (AvgIpc) is 2.67. The van der Waals surface area contributed by atoms with Crippen molar-refractivity contribution in [1.29, 1.82) is 0 Å². The largest absolute Gasteiger partial charge is 0.349 e. The van der Waals surface area contributed by atoms with Crippen LogP contribution in [0.2, 0.25) is 0 Å². The normalized spacial score (nSPS) is 12.5. The fraction of sp³-hybridized carbons (Fsp3) is 0.636. The van der Waals surface area contributed by atoms with Crippen molar-refractivity contribution in [3.05, 3.63) is 17.5 Å². The summed E-state index contributed by atoms with van der Waals surface area (Å²) in [6, 6.07) is 2.10. The smallest absolute Gasteiger partial charge is 0.269 e. The Bertz CT molecular complexity index is 359. The first-order valence-electron chi connectivity index (χ1n) is 5.56. The predicted molar refractivity (Wildman–Crippen MR) is 63.4 cm³/mol. The lowest BCUT2D eigenvalue weighted by atomic mass is 10.3. The van der Waals surface area contributed by atoms with Gasteiger partial charge in [-0.25, -0.2) is 0 Å². The Kier molecular flexibility index (Phi) is 4.49. The maximum Gasteiger partial charge on any atom is 0.269 e. The molecule has 0 aliphatic carbocycles. The molecule has 1 rings (SSSR count). The molecule has 1 unspecified atom stereocenters. The number of carbonyl (C=O) groups is 1. The lowest BCUT2D eigenvalue weighted by molar-refractivity contribution is 0.0941. The standard InChI is InChI=1S/C11H20N4O/c1-5-9-6-10(15(4)14-9)11(16)13-7-8(2)12-3/h6,8,12H,5,7H2,1-4H3,(H,13,16). The van der Waals surface area contributed by atoms with Crippen LogP contribution in [0.1, 0.15) is 30.0 Å². The number of nitrogens with zero attached hydrogens (tertiary/aromatic N) is 2. The second kappa shape index (κ2) is 5.65. The lowest BCUT2D eigenvalue weighted by Gasteiger charge is -2.11. The van der Waals surface area contributed by atoms with Gasteiger partial charge in [0.15, 0.2) is 0 Å². The SMILES string of the molecule is CCc1cc(C(=O)NCC(C)NC)n(C)n1. The molecule has 1 aromatic rings. The highest BCUT2D eigenvalue weighted by Gasteiger charge is 2.12. The van der Waals surface area contributed by atoms with Crippen molar-refractivity contribution < 1.29 is 4.79 Å². The number of carbonyl (C=O) groups excluding carboxylic acids is 1. The van der Waals surface area contributed by atoms with Crippen LogP contribution in [-0.4, -0.2) is 35.3 Å². The van der Waals surface area contributed by atoms with Gasteiger partial charge in [-0.05, 0) is 26.5 Å². The number of aryl methyl sites for hydroxylation is 2. The summed E-state index contributed by atoms with van der Waals surface area (Å²) >= 11 is 0. The lowest BCUT2D eigenvalue weighted by Crippen LogP contribution is -2.37. The number of rotatable bonds is 5. The number of nitrogens with one attached hydrogen (secondary N) is 2. The monoisotopic (exact) mass is 224 g/mol. The molecule has 2 N–H and O–H groups in total. The van der Waals surface area contributed by atoms with Gasteiger partial charge in [0, 0.05) is 19.6 Å². The van der Waals surface area contributed by atoms with E-state index in [1.165, 1.54) is 0 Å². The molecule has 5 heteroatoms. The van der Waals surface area contributed by atoms with Gasteiger partial charge in [-0.2, -0.15) is 5.10 Å². The van der Waals surface area contributed by atoms with Gasteiger partial charge >= 0.3 is 0 Å². The first-order valence-corrected chi connectivity index (χ1v) is 5.56. The summed E-state index contributed by atoms with van der Waals surface area (Å²) in [5.74, 6) is -0.0724. The fourth-order valence-electron chi connectivity index (χ4n) is 1.35. The van der Waals surface area contributed by atoms with E-state index in [-0.39, 0.29) is 11.9 Å². The Hall–Kier alpha value is -1.36. The van der Waals surface area contributed by atoms with Crippen molar-refractivity contribution >= 4 is 5.91 Å². The minimum absolute atomic E-state index is 0.0724. The highest BCUT2D eigenvalue weighted by molar-refractivity contribution is 5.92. The van der Waals surface area contributed by atoms with Crippen LogP contribution in [0.25, 0.3) is 0 Å². The minimum Gasteiger partial charge on any atom is -0.349 e. The molecule has 0 radical (unpaired) electrons. The molecule has 0 saturated carbocycles. The molecule has 16 heavy (non-hydrogen) atoms. The van der Waals surface area contributed by atoms with Crippen molar-refractivity contribution in [2.24, 2.45) is 7.05 Å². The van der Waals surface area contributed by atoms with Crippen LogP contribution in [-0.2, 0) is 13.5 Å². The molecule has 1 amide bonds. The van der Waals surface area contributed by atoms with E-state index >= 15 is 0 Å². The van der Waals surface area contributed by atoms with Crippen molar-refractivity contribution in [1.82, 2.24) is 20.4 Å². The van der Waals surface area contributed by atoms with E-state index < -0.39 is 0 Å². The second-order valence-electron chi connectivity index (χ2n) is 3.90. The Morgan fingerprint density at radius 2 is 2.31 bits per heavy atom. The van der Waals surface area contributed by atoms with Gasteiger partial charge in [0.1, 0.15) is 5.69 Å². The van der Waals surface area contributed by atoms with Gasteiger partial charge in [-0.15, -0.1) is 0 Å². The maximum absolute atomic E-state index is 11.8. The zero-order chi connectivity index (χ0) is 12.1. The predicted octanol–water partition coefficient (Wildman–Crippen LogP) is 0.320. The second-order valence-corrected chi connectivity index (χ2v) is 3.90. The van der Waals surface area contributed by atoms with Crippen molar-refractivity contribution in [3.63, 3.8) is 0 Å². The van der Waals surface area contributed by atoms with E-state index in [0.717, 1.165) is 12.1 Å². The zero-order valence-corrected chi connectivity index (χ0v) is 10.4. The third kappa shape index (κ3) is 3.06. The Labute approximate surface area is 96.2 Å². The molecule has 0 aliphatic rings. The Balaban J connectivity index is 2.62. The van der Waals surface area contributed by atoms with Crippen LogP contribution < -0.4 is 10.6 Å². The van der Waals surface area contributed by atoms with Crippen molar-refractivity contribution in [2.75, 3.05) is 13.6 Å². The number of hydrogen-bond acceptors (Lipinski definition) is 3. The van der Waals surface area contributed by atoms with Gasteiger partial charge in [-0.3, -0.25) is 9.48 Å². The fourth-order valence-corrected chi connectivity index (χ4v) is 1.35. The molecular formula is C11H20N4O. The van der Waals surface area contributed by atoms with Gasteiger partial charge in [0.2, 0.25) is 0 Å². The molecule has 90 valence electrons. The number of likely N-dealkylation sites (N-methyl/N-ethyl adjacent to an activating group) is 1. The molecule has 0 bridgehead atoms. The van der Waals surface area contributed by atoms with Crippen LogP contribution in [0.5, 0.6) is 0 Å². The number of aromatic nitrogens is 2. The summed E-state index contributed by atoms with van der Waals surface area (Å²) in [7, 11) is 3.66. The summed E-state index contributed by atoms with van der Waals surface area (Å²) < 4.78 is 1.62. The quantitative estimate of drug-likeness (QED) is 0.757. The average molecular weight is 224 g/mol. The Morgan fingerprint density at radius 3 is 2.81 bits per heavy atom. The van der Waals surface area contributed by atoms with Gasteiger partial charge in [0.25, 0.3) is 5.91 Å². The minimum atomic E-state index is -0.0724. The van der Waals surface area contributed by atoms with E-state index in [9.17, 15) is 4.79 Å². The van der Waals surface area contributed by atoms with Crippen LogP contribution in [0, 0.1) is 0 Å². The topological polar surface area (TPSA) is 59.0 Å². The van der Waals surface area contributed by atoms with Crippen LogP contribution in [0.3, 0.4) is 0 Å². The summed E-state index contributed by atoms with van der Waals surface area (Å²) in [5, 5.41) is 10.2. The molecular weight excluding hydrogens is 204 g/mol. The molecule has 1 atom stereocenters. The van der Waals surface area contributed by atoms with Gasteiger partial charge in [0.05, 0.1) is 5.69 Å². The summed E-state index contributed by atoms with van der Waals surface area (Å²) in [6.07, 6.45) is 0.841. The summed E-state index contributed by atoms with van der Waals surface area (Å²) in [5.41, 5.74) is 1.55. The van der Waals surface area contributed by atoms with E-state index in [1.54, 1.807) is 11.7 Å². The first kappa shape index (κ1) is 12.7. The molecule has 0 saturated heterocycles. The van der Waals surface area contributed by atoms with E-state index in [1.807, 2.05) is 27.0 Å². The molecule has 0 aliphatic heterocycles. The third-order valence-electron chi connectivity index (χ3n) is 2.59. The summed E-state index contributed by atoms with van der Waals surface area (Å²) in [4.78, 5) is 11.8.